The molecule has 1 aromatic carbocycles. The number of ether oxygens (including phenoxy) is 1. The zero-order valence-corrected chi connectivity index (χ0v) is 12.5. The van der Waals surface area contributed by atoms with E-state index < -0.39 is 0 Å². The second-order valence-electron chi connectivity index (χ2n) is 6.02. The first-order valence-electron chi connectivity index (χ1n) is 7.61. The summed E-state index contributed by atoms with van der Waals surface area (Å²) in [6.45, 7) is 9.83. The fourth-order valence-corrected chi connectivity index (χ4v) is 2.90. The zero-order chi connectivity index (χ0) is 13.7. The van der Waals surface area contributed by atoms with E-state index in [0.29, 0.717) is 5.92 Å². The van der Waals surface area contributed by atoms with Crippen molar-refractivity contribution in [3.63, 3.8) is 0 Å². The minimum absolute atomic E-state index is 0.586. The molecule has 0 aromatic heterocycles. The van der Waals surface area contributed by atoms with Crippen molar-refractivity contribution < 1.29 is 4.74 Å². The molecular weight excluding hydrogens is 234 g/mol. The highest BCUT2D eigenvalue weighted by Gasteiger charge is 2.12. The van der Waals surface area contributed by atoms with E-state index in [-0.39, 0.29) is 0 Å². The maximum absolute atomic E-state index is 5.90. The van der Waals surface area contributed by atoms with Gasteiger partial charge < -0.3 is 10.1 Å². The smallest absolute Gasteiger partial charge is 0.119 e. The molecule has 1 N–H and O–H groups in total. The maximum atomic E-state index is 5.90. The molecule has 0 bridgehead atoms. The van der Waals surface area contributed by atoms with Crippen LogP contribution in [0, 0.1) is 12.8 Å². The molecular formula is C17H27NO. The van der Waals surface area contributed by atoms with Crippen LogP contribution < -0.4 is 10.1 Å². The Kier molecular flexibility index (Phi) is 5.26. The first-order chi connectivity index (χ1) is 9.16. The van der Waals surface area contributed by atoms with Crippen LogP contribution in [-0.2, 0) is 0 Å². The molecule has 1 atom stereocenters. The second kappa shape index (κ2) is 6.95. The quantitative estimate of drug-likeness (QED) is 0.868. The van der Waals surface area contributed by atoms with Gasteiger partial charge in [-0.25, -0.2) is 0 Å². The molecule has 1 saturated heterocycles. The van der Waals surface area contributed by atoms with Gasteiger partial charge in [0.05, 0.1) is 6.61 Å². The third-order valence-electron chi connectivity index (χ3n) is 4.06. The molecule has 0 spiro atoms. The molecule has 1 aliphatic heterocycles. The van der Waals surface area contributed by atoms with Crippen LogP contribution in [0.15, 0.2) is 18.2 Å². The van der Waals surface area contributed by atoms with Crippen LogP contribution in [0.2, 0.25) is 0 Å². The van der Waals surface area contributed by atoms with Gasteiger partial charge in [-0.2, -0.15) is 0 Å². The Morgan fingerprint density at radius 2 is 2.21 bits per heavy atom. The first kappa shape index (κ1) is 14.4. The Morgan fingerprint density at radius 1 is 1.37 bits per heavy atom. The zero-order valence-electron chi connectivity index (χ0n) is 12.5. The lowest BCUT2D eigenvalue weighted by Crippen LogP contribution is -2.30. The van der Waals surface area contributed by atoms with E-state index in [4.69, 9.17) is 4.74 Å². The Balaban J connectivity index is 1.81. The van der Waals surface area contributed by atoms with E-state index >= 15 is 0 Å². The Labute approximate surface area is 117 Å². The number of hydrogen-bond acceptors (Lipinski definition) is 2. The van der Waals surface area contributed by atoms with Crippen LogP contribution in [0.3, 0.4) is 0 Å². The van der Waals surface area contributed by atoms with Crippen LogP contribution >= 0.6 is 0 Å². The van der Waals surface area contributed by atoms with E-state index in [2.05, 4.69) is 44.3 Å². The lowest BCUT2D eigenvalue weighted by Gasteiger charge is -2.22. The van der Waals surface area contributed by atoms with Gasteiger partial charge in [0, 0.05) is 0 Å². The number of benzene rings is 1. The first-order valence-corrected chi connectivity index (χ1v) is 7.61. The number of aryl methyl sites for hydroxylation is 1. The van der Waals surface area contributed by atoms with Gasteiger partial charge in [0.2, 0.25) is 0 Å². The van der Waals surface area contributed by atoms with E-state index in [1.165, 1.54) is 30.5 Å². The van der Waals surface area contributed by atoms with E-state index in [1.54, 1.807) is 0 Å². The molecule has 0 amide bonds. The van der Waals surface area contributed by atoms with Crippen LogP contribution in [-0.4, -0.2) is 19.7 Å². The highest BCUT2D eigenvalue weighted by Crippen LogP contribution is 2.24. The number of piperidine rings is 1. The van der Waals surface area contributed by atoms with Gasteiger partial charge in [-0.3, -0.25) is 0 Å². The molecule has 19 heavy (non-hydrogen) atoms. The monoisotopic (exact) mass is 261 g/mol. The molecule has 2 heteroatoms. The van der Waals surface area contributed by atoms with E-state index in [9.17, 15) is 0 Å². The summed E-state index contributed by atoms with van der Waals surface area (Å²) < 4.78 is 5.90. The molecule has 106 valence electrons. The summed E-state index contributed by atoms with van der Waals surface area (Å²) in [4.78, 5) is 0. The predicted octanol–water partition coefficient (Wildman–Crippen LogP) is 3.89. The van der Waals surface area contributed by atoms with Crippen molar-refractivity contribution in [3.05, 3.63) is 29.3 Å². The molecule has 2 rings (SSSR count). The van der Waals surface area contributed by atoms with Crippen LogP contribution in [0.25, 0.3) is 0 Å². The Bertz CT molecular complexity index is 394. The summed E-state index contributed by atoms with van der Waals surface area (Å²) in [6, 6.07) is 6.49. The summed E-state index contributed by atoms with van der Waals surface area (Å²) in [7, 11) is 0. The Hall–Kier alpha value is -1.02. The number of hydrogen-bond donors (Lipinski definition) is 1. The topological polar surface area (TPSA) is 21.3 Å². The van der Waals surface area contributed by atoms with Gasteiger partial charge in [-0.1, -0.05) is 19.9 Å². The molecule has 0 aliphatic carbocycles. The van der Waals surface area contributed by atoms with E-state index in [0.717, 1.165) is 31.2 Å². The summed E-state index contributed by atoms with van der Waals surface area (Å²) in [5, 5.41) is 3.46. The molecule has 2 nitrogen and oxygen atoms in total. The average molecular weight is 261 g/mol. The van der Waals surface area contributed by atoms with Gasteiger partial charge in [0.1, 0.15) is 5.75 Å². The summed E-state index contributed by atoms with van der Waals surface area (Å²) in [5.74, 6) is 2.40. The molecule has 0 saturated carbocycles. The average Bonchev–Trinajstić information content (AvgIpc) is 2.39. The second-order valence-corrected chi connectivity index (χ2v) is 6.02. The van der Waals surface area contributed by atoms with Crippen molar-refractivity contribution in [1.29, 1.82) is 0 Å². The van der Waals surface area contributed by atoms with Crippen LogP contribution in [0.1, 0.15) is 50.2 Å². The van der Waals surface area contributed by atoms with Gasteiger partial charge in [-0.05, 0) is 74.4 Å². The molecule has 1 aromatic rings. The Morgan fingerprint density at radius 3 is 2.84 bits per heavy atom. The third-order valence-corrected chi connectivity index (χ3v) is 4.06. The van der Waals surface area contributed by atoms with Crippen molar-refractivity contribution in [1.82, 2.24) is 5.32 Å². The fraction of sp³-hybridized carbons (Fsp3) is 0.647. The molecule has 1 fully saturated rings. The number of rotatable bonds is 5. The van der Waals surface area contributed by atoms with Crippen LogP contribution in [0.4, 0.5) is 0 Å². The molecule has 1 aliphatic rings. The van der Waals surface area contributed by atoms with E-state index in [1.807, 2.05) is 0 Å². The molecule has 1 heterocycles. The minimum Gasteiger partial charge on any atom is -0.494 e. The van der Waals surface area contributed by atoms with Crippen molar-refractivity contribution in [3.8, 4) is 5.75 Å². The lowest BCUT2D eigenvalue weighted by atomic mass is 9.96. The molecule has 0 unspecified atom stereocenters. The number of nitrogens with one attached hydrogen (secondary N) is 1. The van der Waals surface area contributed by atoms with Crippen LogP contribution in [0.5, 0.6) is 5.75 Å². The van der Waals surface area contributed by atoms with Gasteiger partial charge in [0.25, 0.3) is 0 Å². The lowest BCUT2D eigenvalue weighted by molar-refractivity contribution is 0.254. The normalized spacial score (nSPS) is 19.7. The predicted molar refractivity (Wildman–Crippen MR) is 81.0 cm³/mol. The minimum atomic E-state index is 0.586. The van der Waals surface area contributed by atoms with Crippen molar-refractivity contribution >= 4 is 0 Å². The summed E-state index contributed by atoms with van der Waals surface area (Å²) >= 11 is 0. The van der Waals surface area contributed by atoms with Crippen molar-refractivity contribution in [2.45, 2.75) is 46.0 Å². The third kappa shape index (κ3) is 4.24. The van der Waals surface area contributed by atoms with Gasteiger partial charge in [0.15, 0.2) is 0 Å². The SMILES string of the molecule is Cc1cc(OCC[C@H]2CCCNC2)ccc1C(C)C. The highest BCUT2D eigenvalue weighted by atomic mass is 16.5. The summed E-state index contributed by atoms with van der Waals surface area (Å²) in [5.41, 5.74) is 2.76. The standard InChI is InChI=1S/C17H27NO/c1-13(2)17-7-6-16(11-14(17)3)19-10-8-15-5-4-9-18-12-15/h6-7,11,13,15,18H,4-5,8-10,12H2,1-3H3/t15-/m1/s1. The van der Waals surface area contributed by atoms with Crippen molar-refractivity contribution in [2.24, 2.45) is 5.92 Å². The van der Waals surface area contributed by atoms with Gasteiger partial charge >= 0.3 is 0 Å². The fourth-order valence-electron chi connectivity index (χ4n) is 2.90. The summed E-state index contributed by atoms with van der Waals surface area (Å²) in [6.07, 6.45) is 3.83. The largest absolute Gasteiger partial charge is 0.494 e. The maximum Gasteiger partial charge on any atom is 0.119 e. The molecule has 0 radical (unpaired) electrons. The van der Waals surface area contributed by atoms with Gasteiger partial charge in [-0.15, -0.1) is 0 Å². The van der Waals surface area contributed by atoms with Crippen molar-refractivity contribution in [2.75, 3.05) is 19.7 Å². The highest BCUT2D eigenvalue weighted by molar-refractivity contribution is 5.36.